The SMILES string of the molecule is Cc1cccc(-c2ccn(-c3cc(N4CCOCC4)nc(OCc4ccn(CCN(C)C)n4)n3)n2)c1. The standard InChI is InChI=1S/C26H32N8O2/c1-20-5-4-6-21(17-20)23-8-10-34(30-23)25-18-24(32-13-15-35-16-14-32)27-26(28-25)36-19-22-7-9-33(29-22)12-11-31(2)3/h4-10,17-18H,11-16,19H2,1-3H3. The van der Waals surface area contributed by atoms with Gasteiger partial charge in [-0.1, -0.05) is 23.8 Å². The molecule has 4 heterocycles. The van der Waals surface area contributed by atoms with Gasteiger partial charge in [0, 0.05) is 43.7 Å². The predicted octanol–water partition coefficient (Wildman–Crippen LogP) is 2.81. The number of nitrogens with zero attached hydrogens (tertiary/aromatic N) is 8. The molecule has 0 spiro atoms. The molecule has 0 N–H and O–H groups in total. The summed E-state index contributed by atoms with van der Waals surface area (Å²) in [5, 5.41) is 9.38. The van der Waals surface area contributed by atoms with E-state index >= 15 is 0 Å². The van der Waals surface area contributed by atoms with Gasteiger partial charge in [-0.25, -0.2) is 4.68 Å². The maximum atomic E-state index is 6.02. The lowest BCUT2D eigenvalue weighted by Crippen LogP contribution is -2.37. The van der Waals surface area contributed by atoms with E-state index in [4.69, 9.17) is 19.6 Å². The van der Waals surface area contributed by atoms with Gasteiger partial charge in [-0.3, -0.25) is 4.68 Å². The van der Waals surface area contributed by atoms with E-state index in [0.717, 1.165) is 48.9 Å². The van der Waals surface area contributed by atoms with E-state index in [9.17, 15) is 0 Å². The molecule has 0 atom stereocenters. The number of anilines is 1. The van der Waals surface area contributed by atoms with Gasteiger partial charge in [-0.15, -0.1) is 0 Å². The number of morpholine rings is 1. The zero-order valence-corrected chi connectivity index (χ0v) is 21.0. The average Bonchev–Trinajstić information content (AvgIpc) is 3.57. The Labute approximate surface area is 211 Å². The van der Waals surface area contributed by atoms with E-state index in [-0.39, 0.29) is 6.61 Å². The van der Waals surface area contributed by atoms with Crippen LogP contribution in [-0.2, 0) is 17.9 Å². The van der Waals surface area contributed by atoms with Gasteiger partial charge in [-0.05, 0) is 39.2 Å². The molecule has 0 radical (unpaired) electrons. The third kappa shape index (κ3) is 5.89. The summed E-state index contributed by atoms with van der Waals surface area (Å²) in [6.45, 7) is 6.97. The van der Waals surface area contributed by atoms with Crippen molar-refractivity contribution >= 4 is 5.82 Å². The molecule has 1 aliphatic rings. The lowest BCUT2D eigenvalue weighted by molar-refractivity contribution is 0.122. The van der Waals surface area contributed by atoms with Crippen molar-refractivity contribution in [2.24, 2.45) is 0 Å². The van der Waals surface area contributed by atoms with Crippen molar-refractivity contribution in [3.05, 3.63) is 66.1 Å². The number of likely N-dealkylation sites (N-methyl/N-ethyl adjacent to an activating group) is 1. The van der Waals surface area contributed by atoms with Crippen LogP contribution in [0.2, 0.25) is 0 Å². The molecule has 1 aliphatic heterocycles. The summed E-state index contributed by atoms with van der Waals surface area (Å²) >= 11 is 0. The molecule has 0 saturated carbocycles. The van der Waals surface area contributed by atoms with Crippen LogP contribution in [-0.4, -0.2) is 81.4 Å². The third-order valence-electron chi connectivity index (χ3n) is 5.97. The van der Waals surface area contributed by atoms with Crippen LogP contribution in [0.25, 0.3) is 17.1 Å². The van der Waals surface area contributed by atoms with Crippen LogP contribution >= 0.6 is 0 Å². The highest BCUT2D eigenvalue weighted by Crippen LogP contribution is 2.23. The summed E-state index contributed by atoms with van der Waals surface area (Å²) < 4.78 is 15.2. The molecule has 188 valence electrons. The van der Waals surface area contributed by atoms with Crippen molar-refractivity contribution in [3.8, 4) is 23.1 Å². The van der Waals surface area contributed by atoms with Crippen LogP contribution in [0.15, 0.2) is 54.9 Å². The Kier molecular flexibility index (Phi) is 7.24. The fraction of sp³-hybridized carbons (Fsp3) is 0.385. The largest absolute Gasteiger partial charge is 0.457 e. The van der Waals surface area contributed by atoms with E-state index in [1.54, 1.807) is 4.68 Å². The fourth-order valence-electron chi connectivity index (χ4n) is 3.99. The van der Waals surface area contributed by atoms with Gasteiger partial charge < -0.3 is 19.3 Å². The zero-order chi connectivity index (χ0) is 24.9. The summed E-state index contributed by atoms with van der Waals surface area (Å²) in [7, 11) is 4.10. The van der Waals surface area contributed by atoms with Gasteiger partial charge in [0.15, 0.2) is 5.82 Å². The topological polar surface area (TPSA) is 86.4 Å². The minimum atomic E-state index is 0.286. The molecule has 0 aliphatic carbocycles. The van der Waals surface area contributed by atoms with Gasteiger partial charge in [0.25, 0.3) is 0 Å². The number of rotatable bonds is 9. The molecule has 0 amide bonds. The van der Waals surface area contributed by atoms with E-state index in [1.807, 2.05) is 55.4 Å². The number of hydrogen-bond acceptors (Lipinski definition) is 8. The second-order valence-corrected chi connectivity index (χ2v) is 9.14. The second kappa shape index (κ2) is 10.9. The fourth-order valence-corrected chi connectivity index (χ4v) is 3.99. The second-order valence-electron chi connectivity index (χ2n) is 9.14. The normalized spacial score (nSPS) is 13.9. The highest BCUT2D eigenvalue weighted by Gasteiger charge is 2.17. The Morgan fingerprint density at radius 2 is 1.81 bits per heavy atom. The van der Waals surface area contributed by atoms with E-state index in [0.29, 0.717) is 25.0 Å². The molecule has 3 aromatic heterocycles. The molecule has 10 heteroatoms. The summed E-state index contributed by atoms with van der Waals surface area (Å²) in [6, 6.07) is 14.5. The first-order valence-corrected chi connectivity index (χ1v) is 12.2. The van der Waals surface area contributed by atoms with Gasteiger partial charge >= 0.3 is 6.01 Å². The van der Waals surface area contributed by atoms with E-state index < -0.39 is 0 Å². The van der Waals surface area contributed by atoms with Crippen LogP contribution in [0.1, 0.15) is 11.3 Å². The van der Waals surface area contributed by atoms with Crippen molar-refractivity contribution in [2.75, 3.05) is 51.8 Å². The average molecular weight is 489 g/mol. The van der Waals surface area contributed by atoms with Crippen molar-refractivity contribution < 1.29 is 9.47 Å². The quantitative estimate of drug-likeness (QED) is 0.356. The minimum Gasteiger partial charge on any atom is -0.457 e. The number of hydrogen-bond donors (Lipinski definition) is 0. The van der Waals surface area contributed by atoms with Gasteiger partial charge in [0.1, 0.15) is 12.4 Å². The molecular formula is C26H32N8O2. The van der Waals surface area contributed by atoms with E-state index in [2.05, 4.69) is 45.0 Å². The Bertz CT molecular complexity index is 1290. The Hall–Kier alpha value is -3.76. The number of aryl methyl sites for hydroxylation is 1. The third-order valence-corrected chi connectivity index (χ3v) is 5.97. The van der Waals surface area contributed by atoms with Crippen LogP contribution in [0.4, 0.5) is 5.82 Å². The first kappa shape index (κ1) is 24.0. The summed E-state index contributed by atoms with van der Waals surface area (Å²) in [4.78, 5) is 13.7. The van der Waals surface area contributed by atoms with E-state index in [1.165, 1.54) is 5.56 Å². The Morgan fingerprint density at radius 3 is 2.61 bits per heavy atom. The first-order chi connectivity index (χ1) is 17.5. The first-order valence-electron chi connectivity index (χ1n) is 12.2. The van der Waals surface area contributed by atoms with Crippen molar-refractivity contribution in [2.45, 2.75) is 20.1 Å². The summed E-state index contributed by atoms with van der Waals surface area (Å²) in [5.74, 6) is 1.44. The number of ether oxygens (including phenoxy) is 2. The van der Waals surface area contributed by atoms with Gasteiger partial charge in [0.05, 0.1) is 31.1 Å². The Balaban J connectivity index is 1.38. The van der Waals surface area contributed by atoms with Crippen molar-refractivity contribution in [1.29, 1.82) is 0 Å². The molecule has 1 saturated heterocycles. The highest BCUT2D eigenvalue weighted by molar-refractivity contribution is 5.60. The molecule has 10 nitrogen and oxygen atoms in total. The highest BCUT2D eigenvalue weighted by atomic mass is 16.5. The maximum absolute atomic E-state index is 6.02. The molecular weight excluding hydrogens is 456 g/mol. The van der Waals surface area contributed by atoms with Gasteiger partial charge in [0.2, 0.25) is 0 Å². The molecule has 1 fully saturated rings. The minimum absolute atomic E-state index is 0.286. The molecule has 4 aromatic rings. The molecule has 0 unspecified atom stereocenters. The van der Waals surface area contributed by atoms with Crippen LogP contribution in [0, 0.1) is 6.92 Å². The number of aromatic nitrogens is 6. The lowest BCUT2D eigenvalue weighted by atomic mass is 10.1. The molecule has 1 aromatic carbocycles. The summed E-state index contributed by atoms with van der Waals surface area (Å²) in [6.07, 6.45) is 3.88. The van der Waals surface area contributed by atoms with Crippen molar-refractivity contribution in [1.82, 2.24) is 34.4 Å². The molecule has 5 rings (SSSR count). The monoisotopic (exact) mass is 488 g/mol. The molecule has 36 heavy (non-hydrogen) atoms. The van der Waals surface area contributed by atoms with Crippen molar-refractivity contribution in [3.63, 3.8) is 0 Å². The molecule has 0 bridgehead atoms. The smallest absolute Gasteiger partial charge is 0.320 e. The summed E-state index contributed by atoms with van der Waals surface area (Å²) in [5.41, 5.74) is 3.98. The zero-order valence-electron chi connectivity index (χ0n) is 21.0. The lowest BCUT2D eigenvalue weighted by Gasteiger charge is -2.28. The Morgan fingerprint density at radius 1 is 0.972 bits per heavy atom. The van der Waals surface area contributed by atoms with Crippen LogP contribution in [0.3, 0.4) is 0 Å². The van der Waals surface area contributed by atoms with Gasteiger partial charge in [-0.2, -0.15) is 20.2 Å². The maximum Gasteiger partial charge on any atom is 0.320 e. The van der Waals surface area contributed by atoms with Crippen LogP contribution < -0.4 is 9.64 Å². The van der Waals surface area contributed by atoms with Crippen LogP contribution in [0.5, 0.6) is 6.01 Å². The number of benzene rings is 1. The predicted molar refractivity (Wildman–Crippen MR) is 137 cm³/mol.